The summed E-state index contributed by atoms with van der Waals surface area (Å²) >= 11 is 0. The van der Waals surface area contributed by atoms with Crippen molar-refractivity contribution in [3.63, 3.8) is 0 Å². The molecular weight excluding hydrogens is 216 g/mol. The fraction of sp³-hybridized carbons (Fsp3) is 0.538. The number of hydrogen-bond acceptors (Lipinski definition) is 4. The summed E-state index contributed by atoms with van der Waals surface area (Å²) in [6, 6.07) is 4.90. The predicted octanol–water partition coefficient (Wildman–Crippen LogP) is 1.51. The van der Waals surface area contributed by atoms with Crippen LogP contribution in [0.2, 0.25) is 0 Å². The van der Waals surface area contributed by atoms with Crippen LogP contribution in [0.4, 0.5) is 0 Å². The molecule has 4 N–H and O–H groups in total. The standard InChI is InChI=1S/C13H22N2O2/c1-13(2,8-14)9-15(3)7-10-4-5-11(16)12(17)6-10/h4-6,16-17H,7-9,14H2,1-3H3. The molecule has 0 heterocycles. The molecule has 0 spiro atoms. The van der Waals surface area contributed by atoms with Gasteiger partial charge in [-0.25, -0.2) is 0 Å². The van der Waals surface area contributed by atoms with Gasteiger partial charge in [-0.3, -0.25) is 0 Å². The number of nitrogens with two attached hydrogens (primary N) is 1. The second-order valence-electron chi connectivity index (χ2n) is 5.36. The molecule has 0 bridgehead atoms. The van der Waals surface area contributed by atoms with Crippen LogP contribution in [0.3, 0.4) is 0 Å². The lowest BCUT2D eigenvalue weighted by molar-refractivity contribution is 0.209. The average molecular weight is 238 g/mol. The molecule has 96 valence electrons. The summed E-state index contributed by atoms with van der Waals surface area (Å²) in [6.45, 7) is 6.48. The topological polar surface area (TPSA) is 69.7 Å². The van der Waals surface area contributed by atoms with Crippen molar-refractivity contribution < 1.29 is 10.2 Å². The maximum absolute atomic E-state index is 9.40. The quantitative estimate of drug-likeness (QED) is 0.680. The molecule has 0 saturated carbocycles. The molecule has 0 fully saturated rings. The monoisotopic (exact) mass is 238 g/mol. The van der Waals surface area contributed by atoms with Gasteiger partial charge < -0.3 is 20.8 Å². The van der Waals surface area contributed by atoms with E-state index in [2.05, 4.69) is 18.7 Å². The third-order valence-corrected chi connectivity index (χ3v) is 2.74. The first kappa shape index (κ1) is 13.8. The summed E-state index contributed by atoms with van der Waals surface area (Å²) in [7, 11) is 2.02. The fourth-order valence-corrected chi connectivity index (χ4v) is 1.83. The van der Waals surface area contributed by atoms with E-state index in [0.29, 0.717) is 6.54 Å². The third-order valence-electron chi connectivity index (χ3n) is 2.74. The van der Waals surface area contributed by atoms with Crippen LogP contribution in [-0.2, 0) is 6.54 Å². The van der Waals surface area contributed by atoms with E-state index < -0.39 is 0 Å². The van der Waals surface area contributed by atoms with Gasteiger partial charge in [0.25, 0.3) is 0 Å². The van der Waals surface area contributed by atoms with Crippen molar-refractivity contribution in [1.29, 1.82) is 0 Å². The highest BCUT2D eigenvalue weighted by atomic mass is 16.3. The van der Waals surface area contributed by atoms with E-state index in [1.54, 1.807) is 12.1 Å². The van der Waals surface area contributed by atoms with Gasteiger partial charge in [-0.2, -0.15) is 0 Å². The van der Waals surface area contributed by atoms with Crippen molar-refractivity contribution in [1.82, 2.24) is 4.90 Å². The Labute approximate surface area is 103 Å². The van der Waals surface area contributed by atoms with Gasteiger partial charge in [0, 0.05) is 13.1 Å². The number of phenols is 2. The molecule has 0 saturated heterocycles. The van der Waals surface area contributed by atoms with E-state index >= 15 is 0 Å². The van der Waals surface area contributed by atoms with E-state index in [1.807, 2.05) is 7.05 Å². The molecule has 1 aromatic rings. The molecule has 1 rings (SSSR count). The zero-order valence-electron chi connectivity index (χ0n) is 10.8. The van der Waals surface area contributed by atoms with E-state index in [-0.39, 0.29) is 16.9 Å². The molecule has 0 aliphatic carbocycles. The number of hydrogen-bond donors (Lipinski definition) is 3. The maximum Gasteiger partial charge on any atom is 0.157 e. The van der Waals surface area contributed by atoms with Gasteiger partial charge in [-0.05, 0) is 36.7 Å². The van der Waals surface area contributed by atoms with E-state index in [9.17, 15) is 10.2 Å². The fourth-order valence-electron chi connectivity index (χ4n) is 1.83. The summed E-state index contributed by atoms with van der Waals surface area (Å²) in [5, 5.41) is 18.6. The van der Waals surface area contributed by atoms with Crippen LogP contribution in [0.15, 0.2) is 18.2 Å². The Hall–Kier alpha value is -1.26. The van der Waals surface area contributed by atoms with Crippen LogP contribution < -0.4 is 5.73 Å². The van der Waals surface area contributed by atoms with Crippen molar-refractivity contribution in [3.8, 4) is 11.5 Å². The first-order valence-electron chi connectivity index (χ1n) is 5.73. The lowest BCUT2D eigenvalue weighted by Gasteiger charge is -2.29. The van der Waals surface area contributed by atoms with Crippen LogP contribution in [0.5, 0.6) is 11.5 Å². The lowest BCUT2D eigenvalue weighted by Crippen LogP contribution is -2.36. The Morgan fingerprint density at radius 3 is 2.41 bits per heavy atom. The van der Waals surface area contributed by atoms with Crippen molar-refractivity contribution in [2.45, 2.75) is 20.4 Å². The van der Waals surface area contributed by atoms with Crippen LogP contribution in [-0.4, -0.2) is 35.3 Å². The Kier molecular flexibility index (Phi) is 4.37. The Bertz CT molecular complexity index is 378. The zero-order valence-corrected chi connectivity index (χ0v) is 10.8. The summed E-state index contributed by atoms with van der Waals surface area (Å²) in [5.74, 6) is -0.160. The first-order chi connectivity index (χ1) is 7.84. The second-order valence-corrected chi connectivity index (χ2v) is 5.36. The van der Waals surface area contributed by atoms with Gasteiger partial charge in [0.05, 0.1) is 0 Å². The molecule has 0 aliphatic rings. The highest BCUT2D eigenvalue weighted by Crippen LogP contribution is 2.25. The molecule has 0 amide bonds. The smallest absolute Gasteiger partial charge is 0.157 e. The van der Waals surface area contributed by atoms with Crippen molar-refractivity contribution in [2.24, 2.45) is 11.1 Å². The van der Waals surface area contributed by atoms with Crippen LogP contribution in [0.25, 0.3) is 0 Å². The van der Waals surface area contributed by atoms with Crippen LogP contribution in [0, 0.1) is 5.41 Å². The molecule has 4 nitrogen and oxygen atoms in total. The molecule has 17 heavy (non-hydrogen) atoms. The molecule has 0 aromatic heterocycles. The minimum atomic E-state index is -0.0845. The summed E-state index contributed by atoms with van der Waals surface area (Å²) in [6.07, 6.45) is 0. The van der Waals surface area contributed by atoms with Crippen LogP contribution in [0.1, 0.15) is 19.4 Å². The highest BCUT2D eigenvalue weighted by Gasteiger charge is 2.18. The molecular formula is C13H22N2O2. The summed E-state index contributed by atoms with van der Waals surface area (Å²) in [5.41, 5.74) is 6.74. The number of nitrogens with zero attached hydrogens (tertiary/aromatic N) is 1. The van der Waals surface area contributed by atoms with Gasteiger partial charge in [-0.1, -0.05) is 19.9 Å². The zero-order chi connectivity index (χ0) is 13.1. The van der Waals surface area contributed by atoms with Gasteiger partial charge in [0.15, 0.2) is 11.5 Å². The van der Waals surface area contributed by atoms with E-state index in [4.69, 9.17) is 5.73 Å². The highest BCUT2D eigenvalue weighted by molar-refractivity contribution is 5.40. The van der Waals surface area contributed by atoms with Gasteiger partial charge in [0.1, 0.15) is 0 Å². The lowest BCUT2D eigenvalue weighted by atomic mass is 9.93. The Morgan fingerprint density at radius 1 is 1.24 bits per heavy atom. The van der Waals surface area contributed by atoms with E-state index in [0.717, 1.165) is 18.7 Å². The SMILES string of the molecule is CN(Cc1ccc(O)c(O)c1)CC(C)(C)CN. The maximum atomic E-state index is 9.40. The first-order valence-corrected chi connectivity index (χ1v) is 5.73. The molecule has 1 aromatic carbocycles. The normalized spacial score (nSPS) is 12.1. The Balaban J connectivity index is 2.62. The summed E-state index contributed by atoms with van der Waals surface area (Å²) < 4.78 is 0. The predicted molar refractivity (Wildman–Crippen MR) is 68.9 cm³/mol. The largest absolute Gasteiger partial charge is 0.504 e. The second kappa shape index (κ2) is 5.38. The molecule has 4 heteroatoms. The van der Waals surface area contributed by atoms with Crippen molar-refractivity contribution in [3.05, 3.63) is 23.8 Å². The number of phenolic OH excluding ortho intramolecular Hbond substituents is 2. The minimum Gasteiger partial charge on any atom is -0.504 e. The van der Waals surface area contributed by atoms with E-state index in [1.165, 1.54) is 6.07 Å². The number of benzene rings is 1. The van der Waals surface area contributed by atoms with Crippen molar-refractivity contribution in [2.75, 3.05) is 20.1 Å². The number of aromatic hydroxyl groups is 2. The number of rotatable bonds is 5. The van der Waals surface area contributed by atoms with Gasteiger partial charge in [-0.15, -0.1) is 0 Å². The Morgan fingerprint density at radius 2 is 1.88 bits per heavy atom. The summed E-state index contributed by atoms with van der Waals surface area (Å²) in [4.78, 5) is 2.15. The average Bonchev–Trinajstić information content (AvgIpc) is 2.23. The van der Waals surface area contributed by atoms with Gasteiger partial charge in [0.2, 0.25) is 0 Å². The molecule has 0 atom stereocenters. The van der Waals surface area contributed by atoms with Crippen LogP contribution >= 0.6 is 0 Å². The molecule has 0 aliphatic heterocycles. The van der Waals surface area contributed by atoms with Gasteiger partial charge >= 0.3 is 0 Å². The van der Waals surface area contributed by atoms with Crippen molar-refractivity contribution >= 4 is 0 Å². The minimum absolute atomic E-state index is 0.0750. The molecule has 0 radical (unpaired) electrons. The molecule has 0 unspecified atom stereocenters. The third kappa shape index (κ3) is 4.24.